The van der Waals surface area contributed by atoms with Gasteiger partial charge in [-0.1, -0.05) is 39.0 Å². The number of hydrogen-bond donors (Lipinski definition) is 0. The van der Waals surface area contributed by atoms with Crippen LogP contribution in [0.2, 0.25) is 0 Å². The van der Waals surface area contributed by atoms with Crippen LogP contribution < -0.4 is 56.5 Å². The Bertz CT molecular complexity index is 319. The van der Waals surface area contributed by atoms with Gasteiger partial charge in [0.2, 0.25) is 10.0 Å². The molecular weight excluding hydrogens is 281 g/mol. The molecule has 0 saturated heterocycles. The molecule has 0 bridgehead atoms. The molecule has 0 aromatic rings. The van der Waals surface area contributed by atoms with Crippen LogP contribution in [0.3, 0.4) is 0 Å². The van der Waals surface area contributed by atoms with Crippen molar-refractivity contribution in [2.24, 2.45) is 0 Å². The minimum absolute atomic E-state index is 0. The Kier molecular flexibility index (Phi) is 14.0. The molecule has 0 aliphatic carbocycles. The van der Waals surface area contributed by atoms with Crippen molar-refractivity contribution in [3.05, 3.63) is 0 Å². The summed E-state index contributed by atoms with van der Waals surface area (Å²) in [5.41, 5.74) is 0. The zero-order valence-electron chi connectivity index (χ0n) is 11.6. The Hall–Kier alpha value is 1.02. The van der Waals surface area contributed by atoms with E-state index in [1.54, 1.807) is 0 Å². The van der Waals surface area contributed by atoms with E-state index in [1.807, 2.05) is 0 Å². The van der Waals surface area contributed by atoms with Crippen LogP contribution in [-0.4, -0.2) is 38.0 Å². The summed E-state index contributed by atoms with van der Waals surface area (Å²) in [4.78, 5) is 10.3. The van der Waals surface area contributed by atoms with Crippen LogP contribution in [0.5, 0.6) is 0 Å². The minimum atomic E-state index is -3.44. The van der Waals surface area contributed by atoms with Gasteiger partial charge >= 0.3 is 51.4 Å². The van der Waals surface area contributed by atoms with Crippen LogP contribution in [-0.2, 0) is 14.8 Å². The van der Waals surface area contributed by atoms with Crippen LogP contribution in [0.25, 0.3) is 0 Å². The van der Waals surface area contributed by atoms with Crippen molar-refractivity contribution in [3.8, 4) is 0 Å². The van der Waals surface area contributed by atoms with Gasteiger partial charge in [0.25, 0.3) is 0 Å². The van der Waals surface area contributed by atoms with E-state index >= 15 is 0 Å². The van der Waals surface area contributed by atoms with Crippen LogP contribution in [0.15, 0.2) is 0 Å². The third-order valence-corrected chi connectivity index (χ3v) is 4.47. The summed E-state index contributed by atoms with van der Waals surface area (Å²) in [5, 5.41) is 10.3. The summed E-state index contributed by atoms with van der Waals surface area (Å²) in [6.45, 7) is 1.55. The van der Waals surface area contributed by atoms with Gasteiger partial charge in [0.1, 0.15) is 0 Å². The first-order chi connectivity index (χ1) is 7.90. The number of carboxylic acids is 1. The number of sulfonamides is 1. The minimum Gasteiger partial charge on any atom is -0.549 e. The molecule has 0 saturated carbocycles. The quantitative estimate of drug-likeness (QED) is 0.327. The fraction of sp³-hybridized carbons (Fsp3) is 0.909. The first-order valence-electron chi connectivity index (χ1n) is 6.04. The zero-order chi connectivity index (χ0) is 13.3. The molecule has 5 nitrogen and oxygen atoms in total. The molecule has 0 aliphatic rings. The molecule has 0 N–H and O–H groups in total. The number of unbranched alkanes of at least 4 members (excludes halogenated alkanes) is 5. The fourth-order valence-corrected chi connectivity index (χ4v) is 2.68. The monoisotopic (exact) mass is 303 g/mol. The molecule has 0 heterocycles. The predicted molar refractivity (Wildman–Crippen MR) is 64.8 cm³/mol. The molecular formula is C11H22KNO4S. The molecule has 0 amide bonds. The Balaban J connectivity index is 0. The van der Waals surface area contributed by atoms with Gasteiger partial charge in [-0.05, 0) is 6.42 Å². The van der Waals surface area contributed by atoms with Gasteiger partial charge in [0.15, 0.2) is 0 Å². The van der Waals surface area contributed by atoms with Crippen molar-refractivity contribution in [1.82, 2.24) is 4.31 Å². The van der Waals surface area contributed by atoms with Crippen LogP contribution in [0, 0.1) is 0 Å². The molecule has 0 aromatic heterocycles. The second kappa shape index (κ2) is 11.8. The molecule has 0 aromatic carbocycles. The average Bonchev–Trinajstić information content (AvgIpc) is 2.22. The third kappa shape index (κ3) is 10.9. The van der Waals surface area contributed by atoms with E-state index in [-0.39, 0.29) is 57.1 Å². The number of carbonyl (C=O) groups excluding carboxylic acids is 1. The number of nitrogens with zero attached hydrogens (tertiary/aromatic N) is 1. The molecule has 102 valence electrons. The van der Waals surface area contributed by atoms with Gasteiger partial charge in [-0.25, -0.2) is 8.42 Å². The van der Waals surface area contributed by atoms with Crippen molar-refractivity contribution in [1.29, 1.82) is 0 Å². The average molecular weight is 303 g/mol. The van der Waals surface area contributed by atoms with E-state index in [0.717, 1.165) is 30.0 Å². The maximum absolute atomic E-state index is 11.6. The van der Waals surface area contributed by atoms with Gasteiger partial charge < -0.3 is 9.90 Å². The van der Waals surface area contributed by atoms with Gasteiger partial charge in [-0.2, -0.15) is 4.31 Å². The number of likely N-dealkylation sites (N-methyl/N-ethyl adjacent to an activating group) is 1. The summed E-state index contributed by atoms with van der Waals surface area (Å²) >= 11 is 0. The summed E-state index contributed by atoms with van der Waals surface area (Å²) in [6.07, 6.45) is 5.96. The van der Waals surface area contributed by atoms with Crippen molar-refractivity contribution < 1.29 is 69.7 Å². The summed E-state index contributed by atoms with van der Waals surface area (Å²) in [6, 6.07) is 0. The molecule has 0 atom stereocenters. The topological polar surface area (TPSA) is 77.5 Å². The molecule has 7 heteroatoms. The summed E-state index contributed by atoms with van der Waals surface area (Å²) < 4.78 is 24.0. The fourth-order valence-electron chi connectivity index (χ4n) is 1.50. The van der Waals surface area contributed by atoms with Gasteiger partial charge in [-0.3, -0.25) is 0 Å². The molecule has 0 unspecified atom stereocenters. The SMILES string of the molecule is CCCCCCCCS(=O)(=O)N(C)CC(=O)[O-].[K+]. The second-order valence-electron chi connectivity index (χ2n) is 4.21. The summed E-state index contributed by atoms with van der Waals surface area (Å²) in [7, 11) is -2.17. The number of aliphatic carboxylic acids is 1. The number of carbonyl (C=O) groups is 1. The van der Waals surface area contributed by atoms with Crippen LogP contribution in [0.4, 0.5) is 0 Å². The van der Waals surface area contributed by atoms with Crippen molar-refractivity contribution in [2.45, 2.75) is 45.4 Å². The third-order valence-electron chi connectivity index (χ3n) is 2.58. The van der Waals surface area contributed by atoms with Gasteiger partial charge in [0, 0.05) is 7.05 Å². The molecule has 0 rings (SSSR count). The van der Waals surface area contributed by atoms with Crippen molar-refractivity contribution in [2.75, 3.05) is 19.3 Å². The van der Waals surface area contributed by atoms with Crippen molar-refractivity contribution in [3.63, 3.8) is 0 Å². The first-order valence-corrected chi connectivity index (χ1v) is 7.65. The van der Waals surface area contributed by atoms with Gasteiger partial charge in [0.05, 0.1) is 18.3 Å². The second-order valence-corrected chi connectivity index (χ2v) is 6.41. The van der Waals surface area contributed by atoms with Crippen LogP contribution >= 0.6 is 0 Å². The standard InChI is InChI=1S/C11H23NO4S.K/c1-3-4-5-6-7-8-9-17(15,16)12(2)10-11(13)14;/h3-10H2,1-2H3,(H,13,14);/q;+1/p-1. The Morgan fingerprint density at radius 2 is 1.61 bits per heavy atom. The Labute approximate surface area is 153 Å². The van der Waals surface area contributed by atoms with Crippen molar-refractivity contribution >= 4 is 16.0 Å². The largest absolute Gasteiger partial charge is 1.00 e. The van der Waals surface area contributed by atoms with E-state index in [0.29, 0.717) is 6.42 Å². The molecule has 0 spiro atoms. The Morgan fingerprint density at radius 1 is 1.11 bits per heavy atom. The van der Waals surface area contributed by atoms with E-state index in [2.05, 4.69) is 6.92 Å². The first kappa shape index (κ1) is 21.3. The molecule has 0 aliphatic heterocycles. The maximum atomic E-state index is 11.6. The zero-order valence-corrected chi connectivity index (χ0v) is 15.6. The van der Waals surface area contributed by atoms with E-state index < -0.39 is 22.5 Å². The normalized spacial score (nSPS) is 11.3. The number of hydrogen-bond acceptors (Lipinski definition) is 4. The predicted octanol–water partition coefficient (Wildman–Crippen LogP) is -2.64. The molecule has 0 radical (unpaired) electrons. The van der Waals surface area contributed by atoms with E-state index in [1.165, 1.54) is 13.5 Å². The maximum Gasteiger partial charge on any atom is 1.00 e. The summed E-state index contributed by atoms with van der Waals surface area (Å²) in [5.74, 6) is -1.36. The van der Waals surface area contributed by atoms with Gasteiger partial charge in [-0.15, -0.1) is 0 Å². The smallest absolute Gasteiger partial charge is 0.549 e. The number of carboxylic acid groups (broad SMARTS) is 1. The van der Waals surface area contributed by atoms with E-state index in [9.17, 15) is 18.3 Å². The van der Waals surface area contributed by atoms with Crippen LogP contribution in [0.1, 0.15) is 45.4 Å². The number of rotatable bonds is 10. The van der Waals surface area contributed by atoms with E-state index in [4.69, 9.17) is 0 Å². The Morgan fingerprint density at radius 3 is 2.11 bits per heavy atom. The molecule has 0 fully saturated rings. The molecule has 18 heavy (non-hydrogen) atoms.